The van der Waals surface area contributed by atoms with Gasteiger partial charge in [0.2, 0.25) is 0 Å². The highest BCUT2D eigenvalue weighted by Crippen LogP contribution is 2.23. The summed E-state index contributed by atoms with van der Waals surface area (Å²) < 4.78 is 5.61. The van der Waals surface area contributed by atoms with Crippen LogP contribution in [0.4, 0.5) is 0 Å². The van der Waals surface area contributed by atoms with E-state index in [1.807, 2.05) is 6.07 Å². The fraction of sp³-hybridized carbons (Fsp3) is 0.611. The van der Waals surface area contributed by atoms with Crippen LogP contribution < -0.4 is 10.6 Å². The number of methoxy groups -OCH3 is 1. The second-order valence-corrected chi connectivity index (χ2v) is 6.63. The Bertz CT molecular complexity index is 524. The first-order valence-electron chi connectivity index (χ1n) is 8.55. The molecular formula is C18H29Cl2N3O2. The summed E-state index contributed by atoms with van der Waals surface area (Å²) in [4.78, 5) is 15.1. The summed E-state index contributed by atoms with van der Waals surface area (Å²) in [6.45, 7) is 4.57. The fourth-order valence-electron chi connectivity index (χ4n) is 3.61. The number of halogens is 2. The minimum absolute atomic E-state index is 0. The summed E-state index contributed by atoms with van der Waals surface area (Å²) in [5, 5.41) is 6.51. The van der Waals surface area contributed by atoms with Gasteiger partial charge in [0.05, 0.1) is 0 Å². The second-order valence-electron chi connectivity index (χ2n) is 6.63. The average Bonchev–Trinajstić information content (AvgIpc) is 3.03. The molecule has 0 radical (unpaired) electrons. The van der Waals surface area contributed by atoms with Crippen molar-refractivity contribution < 1.29 is 9.53 Å². The lowest BCUT2D eigenvalue weighted by atomic mass is 9.90. The quantitative estimate of drug-likeness (QED) is 0.808. The van der Waals surface area contributed by atoms with Crippen molar-refractivity contribution in [3.63, 3.8) is 0 Å². The van der Waals surface area contributed by atoms with E-state index in [9.17, 15) is 4.79 Å². The van der Waals surface area contributed by atoms with Gasteiger partial charge in [-0.25, -0.2) is 0 Å². The largest absolute Gasteiger partial charge is 0.368 e. The van der Waals surface area contributed by atoms with Crippen LogP contribution in [0.25, 0.3) is 0 Å². The molecule has 2 fully saturated rings. The fourth-order valence-corrected chi connectivity index (χ4v) is 3.61. The number of amides is 1. The summed E-state index contributed by atoms with van der Waals surface area (Å²) in [6, 6.07) is 10.7. The molecule has 3 rings (SSSR count). The van der Waals surface area contributed by atoms with Crippen LogP contribution in [0.1, 0.15) is 24.8 Å². The molecule has 0 bridgehead atoms. The zero-order valence-electron chi connectivity index (χ0n) is 14.7. The predicted molar refractivity (Wildman–Crippen MR) is 105 cm³/mol. The molecule has 1 amide bonds. The zero-order chi connectivity index (χ0) is 16.1. The van der Waals surface area contributed by atoms with E-state index < -0.39 is 5.60 Å². The number of benzene rings is 1. The van der Waals surface area contributed by atoms with Crippen LogP contribution in [0.2, 0.25) is 0 Å². The number of carbonyl (C=O) groups excluding carboxylic acids is 1. The Morgan fingerprint density at radius 3 is 2.60 bits per heavy atom. The number of likely N-dealkylation sites (tertiary alicyclic amines) is 1. The van der Waals surface area contributed by atoms with E-state index >= 15 is 0 Å². The van der Waals surface area contributed by atoms with Crippen molar-refractivity contribution in [3.05, 3.63) is 35.9 Å². The third kappa shape index (κ3) is 5.56. The molecule has 2 saturated heterocycles. The Kier molecular flexibility index (Phi) is 9.17. The van der Waals surface area contributed by atoms with Gasteiger partial charge in [0, 0.05) is 32.8 Å². The number of nitrogens with zero attached hydrogens (tertiary/aromatic N) is 1. The molecule has 25 heavy (non-hydrogen) atoms. The Labute approximate surface area is 162 Å². The number of carbonyl (C=O) groups is 1. The van der Waals surface area contributed by atoms with Gasteiger partial charge in [-0.15, -0.1) is 24.8 Å². The molecule has 2 aliphatic heterocycles. The van der Waals surface area contributed by atoms with Gasteiger partial charge in [-0.1, -0.05) is 30.3 Å². The topological polar surface area (TPSA) is 53.6 Å². The maximum atomic E-state index is 12.7. The van der Waals surface area contributed by atoms with Crippen LogP contribution in [0, 0.1) is 0 Å². The number of piperidine rings is 1. The molecule has 1 unspecified atom stereocenters. The van der Waals surface area contributed by atoms with Crippen LogP contribution in [-0.2, 0) is 16.1 Å². The van der Waals surface area contributed by atoms with Crippen molar-refractivity contribution in [2.75, 3.05) is 33.3 Å². The molecule has 0 aromatic heterocycles. The Morgan fingerprint density at radius 1 is 1.28 bits per heavy atom. The summed E-state index contributed by atoms with van der Waals surface area (Å²) in [5.41, 5.74) is 0.684. The summed E-state index contributed by atoms with van der Waals surface area (Å²) in [5.74, 6) is 0.0630. The van der Waals surface area contributed by atoms with Gasteiger partial charge in [-0.2, -0.15) is 0 Å². The van der Waals surface area contributed by atoms with Gasteiger partial charge in [-0.3, -0.25) is 9.69 Å². The summed E-state index contributed by atoms with van der Waals surface area (Å²) >= 11 is 0. The van der Waals surface area contributed by atoms with E-state index in [1.165, 1.54) is 5.56 Å². The molecule has 0 saturated carbocycles. The molecular weight excluding hydrogens is 361 g/mol. The number of ether oxygens (including phenoxy) is 1. The SMILES string of the molecule is COC1(C(=O)NC2CCN(Cc3ccccc3)C2)CCNCC1.Cl.Cl. The van der Waals surface area contributed by atoms with Crippen LogP contribution in [0.3, 0.4) is 0 Å². The van der Waals surface area contributed by atoms with E-state index in [4.69, 9.17) is 4.74 Å². The van der Waals surface area contributed by atoms with E-state index in [-0.39, 0.29) is 36.8 Å². The monoisotopic (exact) mass is 389 g/mol. The first-order chi connectivity index (χ1) is 11.2. The van der Waals surface area contributed by atoms with Crippen molar-refractivity contribution >= 4 is 30.7 Å². The molecule has 0 aliphatic carbocycles. The molecule has 1 aromatic carbocycles. The zero-order valence-corrected chi connectivity index (χ0v) is 16.3. The molecule has 2 aliphatic rings. The third-order valence-corrected chi connectivity index (χ3v) is 5.07. The maximum Gasteiger partial charge on any atom is 0.252 e. The lowest BCUT2D eigenvalue weighted by molar-refractivity contribution is -0.147. The van der Waals surface area contributed by atoms with Gasteiger partial charge < -0.3 is 15.4 Å². The number of hydrogen-bond donors (Lipinski definition) is 2. The number of rotatable bonds is 5. The third-order valence-electron chi connectivity index (χ3n) is 5.07. The highest BCUT2D eigenvalue weighted by atomic mass is 35.5. The van der Waals surface area contributed by atoms with E-state index in [0.717, 1.165) is 52.0 Å². The normalized spacial score (nSPS) is 22.5. The van der Waals surface area contributed by atoms with Crippen LogP contribution in [0.15, 0.2) is 30.3 Å². The second kappa shape index (κ2) is 10.3. The van der Waals surface area contributed by atoms with Gasteiger partial charge in [0.1, 0.15) is 5.60 Å². The number of nitrogens with one attached hydrogen (secondary N) is 2. The van der Waals surface area contributed by atoms with Crippen molar-refractivity contribution in [2.24, 2.45) is 0 Å². The van der Waals surface area contributed by atoms with E-state index in [0.29, 0.717) is 0 Å². The van der Waals surface area contributed by atoms with Crippen molar-refractivity contribution in [1.29, 1.82) is 0 Å². The Balaban J connectivity index is 0.00000156. The molecule has 2 N–H and O–H groups in total. The summed E-state index contributed by atoms with van der Waals surface area (Å²) in [7, 11) is 1.65. The predicted octanol–water partition coefficient (Wildman–Crippen LogP) is 1.99. The van der Waals surface area contributed by atoms with Crippen molar-refractivity contribution in [2.45, 2.75) is 37.5 Å². The lowest BCUT2D eigenvalue weighted by Crippen LogP contribution is -2.56. The molecule has 0 spiro atoms. The highest BCUT2D eigenvalue weighted by Gasteiger charge is 2.41. The highest BCUT2D eigenvalue weighted by molar-refractivity contribution is 5.86. The standard InChI is InChI=1S/C18H27N3O2.2ClH/c1-23-18(8-10-19-11-9-18)17(22)20-16-7-12-21(14-16)13-15-5-3-2-4-6-15;;/h2-6,16,19H,7-14H2,1H3,(H,20,22);2*1H. The number of hydrogen-bond acceptors (Lipinski definition) is 4. The molecule has 1 aromatic rings. The minimum atomic E-state index is -0.641. The van der Waals surface area contributed by atoms with Gasteiger partial charge in [-0.05, 0) is 37.9 Å². The Hall–Kier alpha value is -0.850. The van der Waals surface area contributed by atoms with Crippen molar-refractivity contribution in [1.82, 2.24) is 15.5 Å². The van der Waals surface area contributed by atoms with Crippen molar-refractivity contribution in [3.8, 4) is 0 Å². The molecule has 1 atom stereocenters. The smallest absolute Gasteiger partial charge is 0.252 e. The summed E-state index contributed by atoms with van der Waals surface area (Å²) in [6.07, 6.45) is 2.50. The van der Waals surface area contributed by atoms with Crippen LogP contribution in [-0.4, -0.2) is 55.7 Å². The van der Waals surface area contributed by atoms with Gasteiger partial charge in [0.15, 0.2) is 0 Å². The van der Waals surface area contributed by atoms with Crippen LogP contribution in [0.5, 0.6) is 0 Å². The van der Waals surface area contributed by atoms with Gasteiger partial charge in [0.25, 0.3) is 5.91 Å². The van der Waals surface area contributed by atoms with E-state index in [1.54, 1.807) is 7.11 Å². The Morgan fingerprint density at radius 2 is 1.96 bits per heavy atom. The molecule has 2 heterocycles. The maximum absolute atomic E-state index is 12.7. The molecule has 142 valence electrons. The van der Waals surface area contributed by atoms with Gasteiger partial charge >= 0.3 is 0 Å². The molecule has 5 nitrogen and oxygen atoms in total. The lowest BCUT2D eigenvalue weighted by Gasteiger charge is -2.35. The van der Waals surface area contributed by atoms with E-state index in [2.05, 4.69) is 39.8 Å². The first kappa shape index (κ1) is 22.2. The minimum Gasteiger partial charge on any atom is -0.368 e. The first-order valence-corrected chi connectivity index (χ1v) is 8.55. The molecule has 7 heteroatoms. The average molecular weight is 390 g/mol. The van der Waals surface area contributed by atoms with Crippen LogP contribution >= 0.6 is 24.8 Å².